The Balaban J connectivity index is 1.57. The summed E-state index contributed by atoms with van der Waals surface area (Å²) in [7, 11) is 0. The van der Waals surface area contributed by atoms with E-state index in [-0.39, 0.29) is 11.7 Å². The van der Waals surface area contributed by atoms with Gasteiger partial charge in [0.1, 0.15) is 5.82 Å². The van der Waals surface area contributed by atoms with Crippen molar-refractivity contribution in [2.75, 3.05) is 13.1 Å². The van der Waals surface area contributed by atoms with Crippen molar-refractivity contribution in [1.29, 1.82) is 0 Å². The fourth-order valence-electron chi connectivity index (χ4n) is 3.76. The molecule has 1 aromatic heterocycles. The Morgan fingerprint density at radius 2 is 1.96 bits per heavy atom. The van der Waals surface area contributed by atoms with Gasteiger partial charge >= 0.3 is 0 Å². The highest BCUT2D eigenvalue weighted by molar-refractivity contribution is 7.17. The van der Waals surface area contributed by atoms with E-state index in [4.69, 9.17) is 0 Å². The molecule has 4 rings (SSSR count). The third-order valence-electron chi connectivity index (χ3n) is 5.05. The second kappa shape index (κ2) is 6.30. The molecule has 24 heavy (non-hydrogen) atoms. The summed E-state index contributed by atoms with van der Waals surface area (Å²) >= 11 is 1.51. The van der Waals surface area contributed by atoms with Crippen LogP contribution >= 0.6 is 11.3 Å². The van der Waals surface area contributed by atoms with Crippen LogP contribution in [0.5, 0.6) is 0 Å². The molecule has 3 nitrogen and oxygen atoms in total. The van der Waals surface area contributed by atoms with Gasteiger partial charge in [-0.05, 0) is 55.5 Å². The summed E-state index contributed by atoms with van der Waals surface area (Å²) < 4.78 is 13.1. The van der Waals surface area contributed by atoms with Crippen LogP contribution in [0.2, 0.25) is 0 Å². The lowest BCUT2D eigenvalue weighted by Gasteiger charge is -2.23. The van der Waals surface area contributed by atoms with Crippen LogP contribution in [0.4, 0.5) is 4.39 Å². The standard InChI is InChI=1S/C19H21FN2OS/c1-12-10-17(24-18(12)13-2-4-14(20)5-3-13)19(23)22-9-8-15-6-7-16(11-22)21-15/h2-5,10,15-16,21H,6-9,11H2,1H3. The SMILES string of the molecule is Cc1cc(C(=O)N2CCC3CCC(C2)N3)sc1-c1ccc(F)cc1. The molecule has 1 N–H and O–H groups in total. The van der Waals surface area contributed by atoms with Gasteiger partial charge in [0, 0.05) is 30.1 Å². The fraction of sp³-hybridized carbons (Fsp3) is 0.421. The zero-order valence-corrected chi connectivity index (χ0v) is 14.5. The van der Waals surface area contributed by atoms with Crippen LogP contribution in [-0.4, -0.2) is 36.0 Å². The van der Waals surface area contributed by atoms with E-state index >= 15 is 0 Å². The van der Waals surface area contributed by atoms with Crippen molar-refractivity contribution in [3.63, 3.8) is 0 Å². The Bertz CT molecular complexity index is 755. The molecular weight excluding hydrogens is 323 g/mol. The lowest BCUT2D eigenvalue weighted by Crippen LogP contribution is -2.38. The highest BCUT2D eigenvalue weighted by atomic mass is 32.1. The van der Waals surface area contributed by atoms with Crippen molar-refractivity contribution in [3.8, 4) is 10.4 Å². The first kappa shape index (κ1) is 15.8. The lowest BCUT2D eigenvalue weighted by molar-refractivity contribution is 0.0753. The number of amides is 1. The minimum atomic E-state index is -0.239. The second-order valence-electron chi connectivity index (χ2n) is 6.81. The van der Waals surface area contributed by atoms with Crippen molar-refractivity contribution >= 4 is 17.2 Å². The maximum atomic E-state index is 13.1. The van der Waals surface area contributed by atoms with Crippen LogP contribution in [0.25, 0.3) is 10.4 Å². The van der Waals surface area contributed by atoms with Gasteiger partial charge in [-0.15, -0.1) is 11.3 Å². The third kappa shape index (κ3) is 2.98. The Labute approximate surface area is 145 Å². The zero-order chi connectivity index (χ0) is 16.7. The number of hydrogen-bond acceptors (Lipinski definition) is 3. The van der Waals surface area contributed by atoms with Gasteiger partial charge in [-0.3, -0.25) is 4.79 Å². The number of thiophene rings is 1. The summed E-state index contributed by atoms with van der Waals surface area (Å²) in [4.78, 5) is 16.8. The van der Waals surface area contributed by atoms with E-state index in [1.54, 1.807) is 12.1 Å². The molecule has 2 aromatic rings. The molecule has 3 heterocycles. The number of hydrogen-bond donors (Lipinski definition) is 1. The number of aryl methyl sites for hydroxylation is 1. The quantitative estimate of drug-likeness (QED) is 0.898. The van der Waals surface area contributed by atoms with Crippen molar-refractivity contribution in [3.05, 3.63) is 46.6 Å². The molecule has 0 saturated carbocycles. The van der Waals surface area contributed by atoms with Gasteiger partial charge in [-0.25, -0.2) is 4.39 Å². The molecule has 1 aromatic carbocycles. The number of benzene rings is 1. The Hall–Kier alpha value is -1.72. The number of nitrogens with zero attached hydrogens (tertiary/aromatic N) is 1. The van der Waals surface area contributed by atoms with Gasteiger partial charge in [-0.1, -0.05) is 12.1 Å². The van der Waals surface area contributed by atoms with Gasteiger partial charge in [0.15, 0.2) is 0 Å². The van der Waals surface area contributed by atoms with Crippen molar-refractivity contribution in [2.24, 2.45) is 0 Å². The molecule has 2 aliphatic heterocycles. The molecule has 2 aliphatic rings. The van der Waals surface area contributed by atoms with Crippen LogP contribution in [-0.2, 0) is 0 Å². The van der Waals surface area contributed by atoms with E-state index in [1.807, 2.05) is 17.9 Å². The van der Waals surface area contributed by atoms with Gasteiger partial charge in [0.25, 0.3) is 5.91 Å². The van der Waals surface area contributed by atoms with Crippen LogP contribution in [0, 0.1) is 12.7 Å². The largest absolute Gasteiger partial charge is 0.336 e. The lowest BCUT2D eigenvalue weighted by atomic mass is 10.1. The summed E-state index contributed by atoms with van der Waals surface area (Å²) in [6.45, 7) is 3.64. The number of nitrogens with one attached hydrogen (secondary N) is 1. The van der Waals surface area contributed by atoms with Crippen LogP contribution in [0.1, 0.15) is 34.5 Å². The zero-order valence-electron chi connectivity index (χ0n) is 13.7. The van der Waals surface area contributed by atoms with E-state index in [0.29, 0.717) is 12.1 Å². The number of carbonyl (C=O) groups is 1. The average molecular weight is 344 g/mol. The molecule has 0 spiro atoms. The topological polar surface area (TPSA) is 32.3 Å². The van der Waals surface area contributed by atoms with Crippen molar-refractivity contribution in [2.45, 2.75) is 38.3 Å². The van der Waals surface area contributed by atoms with E-state index in [0.717, 1.165) is 40.4 Å². The summed E-state index contributed by atoms with van der Waals surface area (Å²) in [5.41, 5.74) is 2.04. The molecule has 2 fully saturated rings. The number of likely N-dealkylation sites (tertiary alicyclic amines) is 1. The summed E-state index contributed by atoms with van der Waals surface area (Å²) in [6, 6.07) is 9.48. The van der Waals surface area contributed by atoms with Gasteiger partial charge in [-0.2, -0.15) is 0 Å². The first-order chi connectivity index (χ1) is 11.6. The Morgan fingerprint density at radius 1 is 1.21 bits per heavy atom. The van der Waals surface area contributed by atoms with Crippen LogP contribution in [0.3, 0.4) is 0 Å². The fourth-order valence-corrected chi connectivity index (χ4v) is 4.90. The maximum absolute atomic E-state index is 13.1. The number of halogens is 1. The molecule has 1 amide bonds. The van der Waals surface area contributed by atoms with E-state index in [2.05, 4.69) is 5.32 Å². The van der Waals surface area contributed by atoms with Crippen LogP contribution < -0.4 is 5.32 Å². The van der Waals surface area contributed by atoms with Gasteiger partial charge in [0.2, 0.25) is 0 Å². The summed E-state index contributed by atoms with van der Waals surface area (Å²) in [6.07, 6.45) is 3.44. The highest BCUT2D eigenvalue weighted by Gasteiger charge is 2.32. The Kier molecular flexibility index (Phi) is 4.14. The molecule has 5 heteroatoms. The predicted octanol–water partition coefficient (Wildman–Crippen LogP) is 3.83. The molecule has 2 bridgehead atoms. The highest BCUT2D eigenvalue weighted by Crippen LogP contribution is 2.33. The summed E-state index contributed by atoms with van der Waals surface area (Å²) in [5, 5.41) is 3.61. The first-order valence-electron chi connectivity index (χ1n) is 8.52. The third-order valence-corrected chi connectivity index (χ3v) is 6.32. The van der Waals surface area contributed by atoms with Crippen molar-refractivity contribution in [1.82, 2.24) is 10.2 Å². The van der Waals surface area contributed by atoms with Gasteiger partial charge in [0.05, 0.1) is 4.88 Å². The normalized spacial score (nSPS) is 23.3. The molecular formula is C19H21FN2OS. The number of carbonyl (C=O) groups excluding carboxylic acids is 1. The summed E-state index contributed by atoms with van der Waals surface area (Å²) in [5.74, 6) is -0.109. The molecule has 2 atom stereocenters. The predicted molar refractivity (Wildman–Crippen MR) is 94.9 cm³/mol. The number of rotatable bonds is 2. The molecule has 126 valence electrons. The number of fused-ring (bicyclic) bond motifs is 2. The second-order valence-corrected chi connectivity index (χ2v) is 7.86. The molecule has 2 unspecified atom stereocenters. The van der Waals surface area contributed by atoms with E-state index < -0.39 is 0 Å². The average Bonchev–Trinajstić information content (AvgIpc) is 3.10. The minimum absolute atomic E-state index is 0.130. The molecule has 0 radical (unpaired) electrons. The Morgan fingerprint density at radius 3 is 2.75 bits per heavy atom. The first-order valence-corrected chi connectivity index (χ1v) is 9.33. The molecule has 2 saturated heterocycles. The van der Waals surface area contributed by atoms with E-state index in [9.17, 15) is 9.18 Å². The molecule has 0 aliphatic carbocycles. The monoisotopic (exact) mass is 344 g/mol. The van der Waals surface area contributed by atoms with Crippen molar-refractivity contribution < 1.29 is 9.18 Å². The maximum Gasteiger partial charge on any atom is 0.264 e. The van der Waals surface area contributed by atoms with Gasteiger partial charge < -0.3 is 10.2 Å². The van der Waals surface area contributed by atoms with Crippen LogP contribution in [0.15, 0.2) is 30.3 Å². The smallest absolute Gasteiger partial charge is 0.264 e. The minimum Gasteiger partial charge on any atom is -0.336 e. The van der Waals surface area contributed by atoms with E-state index in [1.165, 1.54) is 36.3 Å².